The molecular weight excluding hydrogens is 249 g/mol. The molecule has 0 bridgehead atoms. The molecule has 0 aliphatic carbocycles. The van der Waals surface area contributed by atoms with E-state index in [0.29, 0.717) is 5.02 Å². The van der Waals surface area contributed by atoms with E-state index in [1.54, 1.807) is 12.3 Å². The third-order valence-corrected chi connectivity index (χ3v) is 3.10. The maximum Gasteiger partial charge on any atom is 0.123 e. The van der Waals surface area contributed by atoms with E-state index in [4.69, 9.17) is 11.6 Å². The summed E-state index contributed by atoms with van der Waals surface area (Å²) in [7, 11) is 0. The number of hydrogen-bond donors (Lipinski definition) is 0. The highest BCUT2D eigenvalue weighted by molar-refractivity contribution is 6.35. The summed E-state index contributed by atoms with van der Waals surface area (Å²) in [5.41, 5.74) is 2.46. The van der Waals surface area contributed by atoms with Gasteiger partial charge in [0.05, 0.1) is 10.5 Å². The van der Waals surface area contributed by atoms with E-state index in [-0.39, 0.29) is 5.82 Å². The number of hydrogen-bond acceptors (Lipinski definition) is 1. The first kappa shape index (κ1) is 11.2. The van der Waals surface area contributed by atoms with Crippen molar-refractivity contribution in [2.24, 2.45) is 0 Å². The zero-order valence-electron chi connectivity index (χ0n) is 9.40. The predicted molar refractivity (Wildman–Crippen MR) is 72.1 cm³/mol. The van der Waals surface area contributed by atoms with Crippen molar-refractivity contribution in [3.63, 3.8) is 0 Å². The predicted octanol–water partition coefficient (Wildman–Crippen LogP) is 4.69. The van der Waals surface area contributed by atoms with Crippen molar-refractivity contribution >= 4 is 22.5 Å². The van der Waals surface area contributed by atoms with E-state index < -0.39 is 0 Å². The summed E-state index contributed by atoms with van der Waals surface area (Å²) >= 11 is 6.20. The van der Waals surface area contributed by atoms with Crippen LogP contribution in [0.4, 0.5) is 4.39 Å². The molecule has 88 valence electrons. The van der Waals surface area contributed by atoms with Crippen LogP contribution >= 0.6 is 11.6 Å². The van der Waals surface area contributed by atoms with Gasteiger partial charge in [-0.3, -0.25) is 4.98 Å². The van der Waals surface area contributed by atoms with Crippen molar-refractivity contribution in [2.75, 3.05) is 0 Å². The SMILES string of the molecule is Fc1cccc(-c2cc(Cl)c3ncccc3c2)c1. The fraction of sp³-hybridized carbons (Fsp3) is 0. The third-order valence-electron chi connectivity index (χ3n) is 2.82. The first-order chi connectivity index (χ1) is 8.74. The molecule has 1 heterocycles. The van der Waals surface area contributed by atoms with Crippen LogP contribution in [0.2, 0.25) is 5.02 Å². The molecule has 0 aliphatic heterocycles. The van der Waals surface area contributed by atoms with Crippen LogP contribution in [0, 0.1) is 5.82 Å². The van der Waals surface area contributed by atoms with Crippen molar-refractivity contribution < 1.29 is 4.39 Å². The van der Waals surface area contributed by atoms with Gasteiger partial charge >= 0.3 is 0 Å². The quantitative estimate of drug-likeness (QED) is 0.616. The molecule has 3 aromatic rings. The number of benzene rings is 2. The van der Waals surface area contributed by atoms with Crippen molar-refractivity contribution in [1.82, 2.24) is 4.98 Å². The van der Waals surface area contributed by atoms with Crippen molar-refractivity contribution in [2.45, 2.75) is 0 Å². The van der Waals surface area contributed by atoms with E-state index in [1.807, 2.05) is 30.3 Å². The van der Waals surface area contributed by atoms with Crippen LogP contribution in [0.5, 0.6) is 0 Å². The average Bonchev–Trinajstić information content (AvgIpc) is 2.39. The highest BCUT2D eigenvalue weighted by Gasteiger charge is 2.05. The van der Waals surface area contributed by atoms with Crippen LogP contribution in [-0.2, 0) is 0 Å². The minimum atomic E-state index is -0.255. The smallest absolute Gasteiger partial charge is 0.123 e. The standard InChI is InChI=1S/C15H9ClFN/c16-14-9-12(10-3-1-5-13(17)8-10)7-11-4-2-6-18-15(11)14/h1-9H. The summed E-state index contributed by atoms with van der Waals surface area (Å²) in [6.07, 6.45) is 1.70. The highest BCUT2D eigenvalue weighted by Crippen LogP contribution is 2.29. The molecule has 0 amide bonds. The van der Waals surface area contributed by atoms with Crippen LogP contribution in [0.1, 0.15) is 0 Å². The Morgan fingerprint density at radius 3 is 2.67 bits per heavy atom. The zero-order chi connectivity index (χ0) is 12.5. The normalized spacial score (nSPS) is 10.8. The molecule has 0 aliphatic rings. The first-order valence-corrected chi connectivity index (χ1v) is 5.92. The Morgan fingerprint density at radius 1 is 0.944 bits per heavy atom. The molecule has 0 atom stereocenters. The van der Waals surface area contributed by atoms with Gasteiger partial charge in [0.2, 0.25) is 0 Å². The Balaban J connectivity index is 2.24. The Kier molecular flexibility index (Phi) is 2.73. The second kappa shape index (κ2) is 4.39. The van der Waals surface area contributed by atoms with Gasteiger partial charge in [-0.05, 0) is 41.5 Å². The lowest BCUT2D eigenvalue weighted by molar-refractivity contribution is 0.628. The van der Waals surface area contributed by atoms with Crippen LogP contribution in [0.25, 0.3) is 22.0 Å². The van der Waals surface area contributed by atoms with E-state index in [0.717, 1.165) is 22.0 Å². The molecule has 1 nitrogen and oxygen atoms in total. The lowest BCUT2D eigenvalue weighted by Crippen LogP contribution is -1.84. The number of fused-ring (bicyclic) bond motifs is 1. The third kappa shape index (κ3) is 1.95. The minimum absolute atomic E-state index is 0.255. The topological polar surface area (TPSA) is 12.9 Å². The molecule has 2 aromatic carbocycles. The molecule has 3 heteroatoms. The van der Waals surface area contributed by atoms with Crippen LogP contribution in [-0.4, -0.2) is 4.98 Å². The van der Waals surface area contributed by atoms with Gasteiger partial charge in [0.1, 0.15) is 5.82 Å². The molecule has 1 aromatic heterocycles. The molecule has 0 N–H and O–H groups in total. The molecule has 0 saturated heterocycles. The van der Waals surface area contributed by atoms with Gasteiger partial charge in [0.15, 0.2) is 0 Å². The summed E-state index contributed by atoms with van der Waals surface area (Å²) < 4.78 is 13.2. The highest BCUT2D eigenvalue weighted by atomic mass is 35.5. The van der Waals surface area contributed by atoms with Gasteiger partial charge in [0, 0.05) is 11.6 Å². The lowest BCUT2D eigenvalue weighted by atomic mass is 10.0. The van der Waals surface area contributed by atoms with Crippen molar-refractivity contribution in [3.05, 3.63) is 65.6 Å². The molecule has 0 unspecified atom stereocenters. The molecule has 18 heavy (non-hydrogen) atoms. The van der Waals surface area contributed by atoms with Gasteiger partial charge in [0.25, 0.3) is 0 Å². The number of rotatable bonds is 1. The van der Waals surface area contributed by atoms with Gasteiger partial charge in [-0.1, -0.05) is 29.8 Å². The Bertz CT molecular complexity index is 725. The lowest BCUT2D eigenvalue weighted by Gasteiger charge is -2.05. The van der Waals surface area contributed by atoms with E-state index in [9.17, 15) is 4.39 Å². The van der Waals surface area contributed by atoms with E-state index in [1.165, 1.54) is 12.1 Å². The second-order valence-electron chi connectivity index (χ2n) is 4.04. The molecule has 0 saturated carbocycles. The summed E-state index contributed by atoms with van der Waals surface area (Å²) in [4.78, 5) is 4.23. The number of nitrogens with zero attached hydrogens (tertiary/aromatic N) is 1. The number of aromatic nitrogens is 1. The Hall–Kier alpha value is -1.93. The first-order valence-electron chi connectivity index (χ1n) is 5.54. The van der Waals surface area contributed by atoms with Gasteiger partial charge in [-0.25, -0.2) is 4.39 Å². The molecular formula is C15H9ClFN. The molecule has 0 radical (unpaired) electrons. The second-order valence-corrected chi connectivity index (χ2v) is 4.45. The summed E-state index contributed by atoms with van der Waals surface area (Å²) in [6, 6.07) is 14.0. The fourth-order valence-corrected chi connectivity index (χ4v) is 2.26. The monoisotopic (exact) mass is 257 g/mol. The Labute approximate surface area is 109 Å². The number of halogens is 2. The fourth-order valence-electron chi connectivity index (χ4n) is 1.98. The van der Waals surface area contributed by atoms with E-state index >= 15 is 0 Å². The average molecular weight is 258 g/mol. The van der Waals surface area contributed by atoms with Gasteiger partial charge in [-0.15, -0.1) is 0 Å². The molecule has 0 fully saturated rings. The van der Waals surface area contributed by atoms with Crippen molar-refractivity contribution in [1.29, 1.82) is 0 Å². The van der Waals surface area contributed by atoms with Crippen LogP contribution in [0.15, 0.2) is 54.7 Å². The molecule has 3 rings (SSSR count). The maximum absolute atomic E-state index is 13.2. The van der Waals surface area contributed by atoms with Gasteiger partial charge in [-0.2, -0.15) is 0 Å². The largest absolute Gasteiger partial charge is 0.255 e. The van der Waals surface area contributed by atoms with E-state index in [2.05, 4.69) is 4.98 Å². The summed E-state index contributed by atoms with van der Waals surface area (Å²) in [5.74, 6) is -0.255. The van der Waals surface area contributed by atoms with Crippen LogP contribution < -0.4 is 0 Å². The molecule has 0 spiro atoms. The van der Waals surface area contributed by atoms with Crippen molar-refractivity contribution in [3.8, 4) is 11.1 Å². The summed E-state index contributed by atoms with van der Waals surface area (Å²) in [5, 5.41) is 1.52. The van der Waals surface area contributed by atoms with Gasteiger partial charge < -0.3 is 0 Å². The Morgan fingerprint density at radius 2 is 1.83 bits per heavy atom. The van der Waals surface area contributed by atoms with Crippen LogP contribution in [0.3, 0.4) is 0 Å². The minimum Gasteiger partial charge on any atom is -0.255 e. The number of pyridine rings is 1. The summed E-state index contributed by atoms with van der Waals surface area (Å²) in [6.45, 7) is 0. The maximum atomic E-state index is 13.2. The zero-order valence-corrected chi connectivity index (χ0v) is 10.2.